The highest BCUT2D eigenvalue weighted by Gasteiger charge is 2.29. The first kappa shape index (κ1) is 23.9. The van der Waals surface area contributed by atoms with Gasteiger partial charge in [-0.25, -0.2) is 15.0 Å². The minimum Gasteiger partial charge on any atom is -0.491 e. The Kier molecular flexibility index (Phi) is 6.59. The molecule has 2 aliphatic heterocycles. The number of hydrogen-bond acceptors (Lipinski definition) is 7. The molecule has 2 aromatic carbocycles. The van der Waals surface area contributed by atoms with E-state index in [9.17, 15) is 0 Å². The van der Waals surface area contributed by atoms with Gasteiger partial charge in [-0.1, -0.05) is 43.2 Å². The number of piperazine rings is 1. The monoisotopic (exact) mass is 511 g/mol. The summed E-state index contributed by atoms with van der Waals surface area (Å²) in [6.07, 6.45) is 11.1. The first-order valence-electron chi connectivity index (χ1n) is 14.3. The molecule has 4 heterocycles. The molecule has 4 aromatic rings. The molecular weight excluding hydrogens is 474 g/mol. The summed E-state index contributed by atoms with van der Waals surface area (Å²) in [5, 5.41) is 2.51. The first-order chi connectivity index (χ1) is 18.8. The number of fused-ring (bicyclic) bond motifs is 2. The number of anilines is 1. The molecule has 8 heteroatoms. The van der Waals surface area contributed by atoms with E-state index in [0.717, 1.165) is 67.8 Å². The van der Waals surface area contributed by atoms with Crippen molar-refractivity contribution < 1.29 is 4.74 Å². The SMILES string of the molecule is c1ccc2c(OCC3CCCN3c3ncnc4[nH]cnc34)ccc(CN3CCN(C4CCCC4)CC3)c2c1. The van der Waals surface area contributed by atoms with E-state index in [2.05, 4.69) is 71.0 Å². The fraction of sp³-hybridized carbons (Fsp3) is 0.500. The molecule has 3 aliphatic rings. The van der Waals surface area contributed by atoms with E-state index < -0.39 is 0 Å². The second-order valence-corrected chi connectivity index (χ2v) is 11.1. The van der Waals surface area contributed by atoms with Gasteiger partial charge < -0.3 is 14.6 Å². The molecule has 7 rings (SSSR count). The van der Waals surface area contributed by atoms with Gasteiger partial charge in [0.1, 0.15) is 24.2 Å². The van der Waals surface area contributed by atoms with Crippen LogP contribution in [0.5, 0.6) is 5.75 Å². The van der Waals surface area contributed by atoms with Crippen molar-refractivity contribution in [3.05, 3.63) is 54.6 Å². The molecule has 0 spiro atoms. The van der Waals surface area contributed by atoms with Gasteiger partial charge in [-0.15, -0.1) is 0 Å². The lowest BCUT2D eigenvalue weighted by atomic mass is 10.0. The molecule has 0 amide bonds. The van der Waals surface area contributed by atoms with E-state index in [1.807, 2.05) is 0 Å². The van der Waals surface area contributed by atoms with Gasteiger partial charge in [0.2, 0.25) is 0 Å². The van der Waals surface area contributed by atoms with Gasteiger partial charge in [-0.3, -0.25) is 9.80 Å². The van der Waals surface area contributed by atoms with Crippen molar-refractivity contribution in [1.29, 1.82) is 0 Å². The molecule has 8 nitrogen and oxygen atoms in total. The molecule has 3 fully saturated rings. The normalized spacial score (nSPS) is 21.7. The number of rotatable bonds is 7. The van der Waals surface area contributed by atoms with Crippen molar-refractivity contribution in [2.45, 2.75) is 57.2 Å². The first-order valence-corrected chi connectivity index (χ1v) is 14.3. The molecule has 1 aliphatic carbocycles. The Balaban J connectivity index is 1.04. The van der Waals surface area contributed by atoms with E-state index in [-0.39, 0.29) is 6.04 Å². The van der Waals surface area contributed by atoms with Gasteiger partial charge in [0.15, 0.2) is 11.5 Å². The van der Waals surface area contributed by atoms with E-state index in [1.165, 1.54) is 55.1 Å². The maximum Gasteiger partial charge on any atom is 0.162 e. The highest BCUT2D eigenvalue weighted by Crippen LogP contribution is 2.32. The average Bonchev–Trinajstić information content (AvgIpc) is 3.75. The number of hydrogen-bond donors (Lipinski definition) is 1. The lowest BCUT2D eigenvalue weighted by Crippen LogP contribution is -2.49. The molecule has 0 bridgehead atoms. The van der Waals surface area contributed by atoms with Crippen molar-refractivity contribution in [1.82, 2.24) is 29.7 Å². The topological polar surface area (TPSA) is 73.4 Å². The van der Waals surface area contributed by atoms with Crippen molar-refractivity contribution in [2.75, 3.05) is 44.2 Å². The van der Waals surface area contributed by atoms with Gasteiger partial charge in [0.05, 0.1) is 12.4 Å². The van der Waals surface area contributed by atoms with Crippen LogP contribution >= 0.6 is 0 Å². The molecule has 2 aromatic heterocycles. The van der Waals surface area contributed by atoms with Crippen molar-refractivity contribution in [3.8, 4) is 5.75 Å². The van der Waals surface area contributed by atoms with Crippen molar-refractivity contribution in [3.63, 3.8) is 0 Å². The third-order valence-electron chi connectivity index (χ3n) is 8.89. The Morgan fingerprint density at radius 2 is 1.68 bits per heavy atom. The maximum atomic E-state index is 6.53. The number of H-pyrrole nitrogens is 1. The molecule has 38 heavy (non-hydrogen) atoms. The lowest BCUT2D eigenvalue weighted by Gasteiger charge is -2.38. The fourth-order valence-corrected chi connectivity index (χ4v) is 6.83. The van der Waals surface area contributed by atoms with Crippen LogP contribution < -0.4 is 9.64 Å². The number of aromatic nitrogens is 4. The summed E-state index contributed by atoms with van der Waals surface area (Å²) < 4.78 is 6.53. The highest BCUT2D eigenvalue weighted by atomic mass is 16.5. The predicted octanol–water partition coefficient (Wildman–Crippen LogP) is 4.61. The van der Waals surface area contributed by atoms with Crippen molar-refractivity contribution >= 4 is 27.8 Å². The molecule has 1 unspecified atom stereocenters. The standard InChI is InChI=1S/C30H37N7O/c1-2-7-23(6-1)36-16-14-35(15-17-36)18-22-11-12-27(26-10-4-3-9-25(22)26)38-19-24-8-5-13-37(24)30-28-29(32-20-31-28)33-21-34-30/h3-4,9-12,20-21,23-24H,1-2,5-8,13-19H2,(H,31,32,33,34). The average molecular weight is 512 g/mol. The molecule has 1 saturated carbocycles. The summed E-state index contributed by atoms with van der Waals surface area (Å²) in [5.74, 6) is 1.87. The zero-order valence-corrected chi connectivity index (χ0v) is 22.1. The fourth-order valence-electron chi connectivity index (χ4n) is 6.83. The minimum atomic E-state index is 0.263. The van der Waals surface area contributed by atoms with Gasteiger partial charge in [-0.2, -0.15) is 0 Å². The van der Waals surface area contributed by atoms with Crippen LogP contribution in [0.2, 0.25) is 0 Å². The van der Waals surface area contributed by atoms with Gasteiger partial charge in [-0.05, 0) is 42.7 Å². The van der Waals surface area contributed by atoms with Gasteiger partial charge >= 0.3 is 0 Å². The Morgan fingerprint density at radius 3 is 2.55 bits per heavy atom. The second-order valence-electron chi connectivity index (χ2n) is 11.1. The van der Waals surface area contributed by atoms with E-state index >= 15 is 0 Å². The number of imidazole rings is 1. The van der Waals surface area contributed by atoms with Crippen LogP contribution in [-0.4, -0.2) is 81.2 Å². The quantitative estimate of drug-likeness (QED) is 0.388. The lowest BCUT2D eigenvalue weighted by molar-refractivity contribution is 0.0939. The minimum absolute atomic E-state index is 0.263. The highest BCUT2D eigenvalue weighted by molar-refractivity contribution is 5.91. The van der Waals surface area contributed by atoms with Crippen LogP contribution in [0, 0.1) is 0 Å². The summed E-state index contributed by atoms with van der Waals surface area (Å²) in [6.45, 7) is 7.32. The Labute approximate surface area is 224 Å². The summed E-state index contributed by atoms with van der Waals surface area (Å²) in [5.41, 5.74) is 3.01. The Bertz CT molecular complexity index is 1390. The van der Waals surface area contributed by atoms with E-state index in [1.54, 1.807) is 12.7 Å². The molecular formula is C30H37N7O. The molecule has 1 atom stereocenters. The predicted molar refractivity (Wildman–Crippen MR) is 151 cm³/mol. The van der Waals surface area contributed by atoms with Crippen LogP contribution in [0.25, 0.3) is 21.9 Å². The summed E-state index contributed by atoms with van der Waals surface area (Å²) in [7, 11) is 0. The summed E-state index contributed by atoms with van der Waals surface area (Å²) in [4.78, 5) is 24.2. The van der Waals surface area contributed by atoms with Crippen LogP contribution in [0.1, 0.15) is 44.1 Å². The maximum absolute atomic E-state index is 6.53. The van der Waals surface area contributed by atoms with Gasteiger partial charge in [0.25, 0.3) is 0 Å². The number of aromatic amines is 1. The number of ether oxygens (including phenoxy) is 1. The third-order valence-corrected chi connectivity index (χ3v) is 8.89. The van der Waals surface area contributed by atoms with Crippen LogP contribution in [0.4, 0.5) is 5.82 Å². The smallest absolute Gasteiger partial charge is 0.162 e. The molecule has 0 radical (unpaired) electrons. The zero-order chi connectivity index (χ0) is 25.3. The second kappa shape index (κ2) is 10.5. The third kappa shape index (κ3) is 4.60. The zero-order valence-electron chi connectivity index (χ0n) is 22.1. The Morgan fingerprint density at radius 1 is 0.842 bits per heavy atom. The van der Waals surface area contributed by atoms with Crippen LogP contribution in [0.3, 0.4) is 0 Å². The van der Waals surface area contributed by atoms with Crippen molar-refractivity contribution in [2.24, 2.45) is 0 Å². The van der Waals surface area contributed by atoms with E-state index in [4.69, 9.17) is 4.74 Å². The van der Waals surface area contributed by atoms with Crippen LogP contribution in [0.15, 0.2) is 49.1 Å². The molecule has 1 N–H and O–H groups in total. The summed E-state index contributed by atoms with van der Waals surface area (Å²) in [6, 6.07) is 14.3. The Hall–Kier alpha value is -3.23. The number of benzene rings is 2. The van der Waals surface area contributed by atoms with E-state index in [0.29, 0.717) is 6.61 Å². The largest absolute Gasteiger partial charge is 0.491 e. The molecule has 2 saturated heterocycles. The summed E-state index contributed by atoms with van der Waals surface area (Å²) >= 11 is 0. The van der Waals surface area contributed by atoms with Crippen LogP contribution in [-0.2, 0) is 6.54 Å². The number of nitrogens with zero attached hydrogens (tertiary/aromatic N) is 6. The van der Waals surface area contributed by atoms with Gasteiger partial charge in [0, 0.05) is 50.7 Å². The molecule has 198 valence electrons. The number of nitrogens with one attached hydrogen (secondary N) is 1.